The van der Waals surface area contributed by atoms with E-state index in [1.165, 1.54) is 16.2 Å². The summed E-state index contributed by atoms with van der Waals surface area (Å²) < 4.78 is 0. The maximum Gasteiger partial charge on any atom is 0.413 e. The smallest absolute Gasteiger partial charge is 0.413 e. The molecule has 4 rings (SSSR count). The van der Waals surface area contributed by atoms with E-state index in [0.717, 1.165) is 31.2 Å². The molecule has 160 valence electrons. The average Bonchev–Trinajstić information content (AvgIpc) is 2.76. The predicted octanol–water partition coefficient (Wildman–Crippen LogP) is 3.42. The summed E-state index contributed by atoms with van der Waals surface area (Å²) in [6.45, 7) is 0.594. The molecule has 3 aliphatic rings. The highest BCUT2D eigenvalue weighted by Gasteiger charge is 2.45. The minimum absolute atomic E-state index is 0.0964. The van der Waals surface area contributed by atoms with Crippen LogP contribution in [0.3, 0.4) is 0 Å². The number of carbonyl (C=O) groups is 3. The van der Waals surface area contributed by atoms with Gasteiger partial charge in [0.1, 0.15) is 11.9 Å². The molecule has 1 N–H and O–H groups in total. The van der Waals surface area contributed by atoms with Crippen molar-refractivity contribution in [2.24, 2.45) is 5.92 Å². The Labute approximate surface area is 176 Å². The molecule has 1 saturated carbocycles. The van der Waals surface area contributed by atoms with Gasteiger partial charge in [-0.15, -0.1) is 0 Å². The van der Waals surface area contributed by atoms with Crippen molar-refractivity contribution >= 4 is 17.9 Å². The number of rotatable bonds is 5. The van der Waals surface area contributed by atoms with Crippen molar-refractivity contribution < 1.29 is 19.5 Å². The minimum Gasteiger partial charge on any atom is -0.465 e. The van der Waals surface area contributed by atoms with Crippen molar-refractivity contribution in [2.75, 3.05) is 13.1 Å². The van der Waals surface area contributed by atoms with Crippen LogP contribution in [0.25, 0.3) is 0 Å². The number of carboxylic acid groups (broad SMARTS) is 1. The maximum absolute atomic E-state index is 13.4. The normalized spacial score (nSPS) is 22.7. The Bertz CT molecular complexity index is 832. The zero-order valence-corrected chi connectivity index (χ0v) is 17.2. The van der Waals surface area contributed by atoms with Crippen molar-refractivity contribution in [2.45, 2.75) is 57.4 Å². The van der Waals surface area contributed by atoms with E-state index in [4.69, 9.17) is 0 Å². The third-order valence-corrected chi connectivity index (χ3v) is 6.49. The van der Waals surface area contributed by atoms with E-state index in [-0.39, 0.29) is 24.8 Å². The molecule has 0 aromatic heterocycles. The van der Waals surface area contributed by atoms with Crippen LogP contribution in [-0.2, 0) is 16.0 Å². The molecule has 0 bridgehead atoms. The van der Waals surface area contributed by atoms with Crippen molar-refractivity contribution in [1.29, 1.82) is 0 Å². The largest absolute Gasteiger partial charge is 0.465 e. The molecule has 1 aromatic carbocycles. The SMILES string of the molecule is O=C1[C@H](CC2CCCCC2)N2C(=O)CCN(C(=O)O)C2=CN1CCc1ccccc1. The van der Waals surface area contributed by atoms with Gasteiger partial charge < -0.3 is 10.0 Å². The molecular formula is C23H29N3O4. The molecule has 0 radical (unpaired) electrons. The number of carbonyl (C=O) groups excluding carboxylic acids is 2. The molecule has 1 aromatic rings. The van der Waals surface area contributed by atoms with E-state index >= 15 is 0 Å². The van der Waals surface area contributed by atoms with Gasteiger partial charge in [-0.3, -0.25) is 19.4 Å². The van der Waals surface area contributed by atoms with Crippen LogP contribution < -0.4 is 0 Å². The van der Waals surface area contributed by atoms with E-state index in [1.54, 1.807) is 11.1 Å². The lowest BCUT2D eigenvalue weighted by molar-refractivity contribution is -0.149. The Kier molecular flexibility index (Phi) is 6.06. The second kappa shape index (κ2) is 8.90. The first-order valence-electron chi connectivity index (χ1n) is 10.9. The number of hydrogen-bond donors (Lipinski definition) is 1. The van der Waals surface area contributed by atoms with Gasteiger partial charge in [0.15, 0.2) is 0 Å². The van der Waals surface area contributed by atoms with Crippen molar-refractivity contribution in [3.8, 4) is 0 Å². The van der Waals surface area contributed by atoms with E-state index in [1.807, 2.05) is 30.3 Å². The first-order chi connectivity index (χ1) is 14.5. The molecule has 7 nitrogen and oxygen atoms in total. The van der Waals surface area contributed by atoms with Gasteiger partial charge in [-0.2, -0.15) is 0 Å². The number of hydrogen-bond acceptors (Lipinski definition) is 3. The highest BCUT2D eigenvalue weighted by molar-refractivity contribution is 5.92. The fourth-order valence-corrected chi connectivity index (χ4v) is 4.88. The van der Waals surface area contributed by atoms with Gasteiger partial charge in [-0.25, -0.2) is 4.79 Å². The lowest BCUT2D eigenvalue weighted by Gasteiger charge is -2.46. The monoisotopic (exact) mass is 411 g/mol. The summed E-state index contributed by atoms with van der Waals surface area (Å²) in [4.78, 5) is 42.3. The van der Waals surface area contributed by atoms with Crippen LogP contribution in [0.2, 0.25) is 0 Å². The minimum atomic E-state index is -1.09. The highest BCUT2D eigenvalue weighted by Crippen LogP contribution is 2.34. The molecule has 0 unspecified atom stereocenters. The van der Waals surface area contributed by atoms with Gasteiger partial charge in [0, 0.05) is 25.7 Å². The summed E-state index contributed by atoms with van der Waals surface area (Å²) in [5.41, 5.74) is 1.12. The topological polar surface area (TPSA) is 81.2 Å². The van der Waals surface area contributed by atoms with Crippen LogP contribution >= 0.6 is 0 Å². The summed E-state index contributed by atoms with van der Waals surface area (Å²) >= 11 is 0. The molecule has 2 aliphatic heterocycles. The van der Waals surface area contributed by atoms with Gasteiger partial charge in [0.05, 0.1) is 0 Å². The zero-order chi connectivity index (χ0) is 21.1. The van der Waals surface area contributed by atoms with Crippen LogP contribution in [0.15, 0.2) is 42.4 Å². The van der Waals surface area contributed by atoms with E-state index in [0.29, 0.717) is 31.1 Å². The fraction of sp³-hybridized carbons (Fsp3) is 0.522. The number of amides is 3. The molecule has 0 spiro atoms. The Morgan fingerprint density at radius 3 is 2.50 bits per heavy atom. The van der Waals surface area contributed by atoms with Gasteiger partial charge in [-0.05, 0) is 24.3 Å². The van der Waals surface area contributed by atoms with Gasteiger partial charge >= 0.3 is 6.09 Å². The zero-order valence-electron chi connectivity index (χ0n) is 17.2. The van der Waals surface area contributed by atoms with E-state index in [2.05, 4.69) is 0 Å². The van der Waals surface area contributed by atoms with Gasteiger partial charge in [-0.1, -0.05) is 62.4 Å². The van der Waals surface area contributed by atoms with Crippen molar-refractivity contribution in [3.05, 3.63) is 47.9 Å². The van der Waals surface area contributed by atoms with Crippen LogP contribution in [0.4, 0.5) is 4.79 Å². The second-order valence-electron chi connectivity index (χ2n) is 8.46. The Balaban J connectivity index is 1.61. The van der Waals surface area contributed by atoms with Crippen LogP contribution in [0, 0.1) is 5.92 Å². The predicted molar refractivity (Wildman–Crippen MR) is 111 cm³/mol. The molecule has 2 fully saturated rings. The van der Waals surface area contributed by atoms with Crippen molar-refractivity contribution in [1.82, 2.24) is 14.7 Å². The Morgan fingerprint density at radius 2 is 1.80 bits per heavy atom. The lowest BCUT2D eigenvalue weighted by Crippen LogP contribution is -2.60. The molecule has 2 heterocycles. The second-order valence-corrected chi connectivity index (χ2v) is 8.46. The van der Waals surface area contributed by atoms with E-state index in [9.17, 15) is 19.5 Å². The molecule has 30 heavy (non-hydrogen) atoms. The summed E-state index contributed by atoms with van der Waals surface area (Å²) in [5, 5.41) is 9.67. The third-order valence-electron chi connectivity index (χ3n) is 6.49. The van der Waals surface area contributed by atoms with Crippen molar-refractivity contribution in [3.63, 3.8) is 0 Å². The van der Waals surface area contributed by atoms with Crippen LogP contribution in [-0.4, -0.2) is 56.8 Å². The average molecular weight is 412 g/mol. The quantitative estimate of drug-likeness (QED) is 0.805. The first-order valence-corrected chi connectivity index (χ1v) is 10.9. The Morgan fingerprint density at radius 1 is 1.07 bits per heavy atom. The maximum atomic E-state index is 13.4. The van der Waals surface area contributed by atoms with Crippen LogP contribution in [0.5, 0.6) is 0 Å². The molecule has 3 amide bonds. The van der Waals surface area contributed by atoms with Gasteiger partial charge in [0.25, 0.3) is 0 Å². The molecule has 1 saturated heterocycles. The Hall–Kier alpha value is -2.83. The third kappa shape index (κ3) is 4.20. The summed E-state index contributed by atoms with van der Waals surface area (Å²) in [7, 11) is 0. The fourth-order valence-electron chi connectivity index (χ4n) is 4.88. The van der Waals surface area contributed by atoms with E-state index < -0.39 is 12.1 Å². The summed E-state index contributed by atoms with van der Waals surface area (Å²) in [5.74, 6) is 0.472. The number of fused-ring (bicyclic) bond motifs is 1. The molecule has 7 heteroatoms. The van der Waals surface area contributed by atoms with Crippen LogP contribution in [0.1, 0.15) is 50.5 Å². The number of nitrogens with zero attached hydrogens (tertiary/aromatic N) is 3. The molecular weight excluding hydrogens is 382 g/mol. The first kappa shape index (κ1) is 20.4. The summed E-state index contributed by atoms with van der Waals surface area (Å²) in [6, 6.07) is 9.30. The molecule has 1 atom stereocenters. The summed E-state index contributed by atoms with van der Waals surface area (Å²) in [6.07, 6.45) is 7.53. The van der Waals surface area contributed by atoms with Gasteiger partial charge in [0.2, 0.25) is 11.8 Å². The highest BCUT2D eigenvalue weighted by atomic mass is 16.4. The number of benzene rings is 1. The molecule has 1 aliphatic carbocycles. The standard InChI is InChI=1S/C23H29N3O4/c27-21-12-14-25(23(29)30)20-16-24(13-11-17-7-3-1-4-8-17)22(28)19(26(20)21)15-18-9-5-2-6-10-18/h1,3-4,7-8,16,18-19H,2,5-6,9-15H2,(H,29,30)/t19-/m0/s1. The lowest BCUT2D eigenvalue weighted by atomic mass is 9.83.